The van der Waals surface area contributed by atoms with Gasteiger partial charge in [-0.3, -0.25) is 0 Å². The summed E-state index contributed by atoms with van der Waals surface area (Å²) < 4.78 is 0. The molecule has 1 atom stereocenters. The zero-order chi connectivity index (χ0) is 16.7. The molecule has 0 amide bonds. The number of hydrogen-bond donors (Lipinski definition) is 2. The first-order chi connectivity index (χ1) is 11.6. The third-order valence-corrected chi connectivity index (χ3v) is 5.29. The Balaban J connectivity index is 1.87. The largest absolute Gasteiger partial charge is 0.352 e. The number of nitrogens with one attached hydrogen (secondary N) is 2. The van der Waals surface area contributed by atoms with Crippen molar-refractivity contribution in [1.29, 1.82) is 0 Å². The summed E-state index contributed by atoms with van der Waals surface area (Å²) in [5, 5.41) is 8.31. The van der Waals surface area contributed by atoms with Gasteiger partial charge in [-0.05, 0) is 73.3 Å². The third kappa shape index (κ3) is 2.83. The molecule has 0 saturated heterocycles. The molecule has 1 aliphatic carbocycles. The van der Waals surface area contributed by atoms with Gasteiger partial charge in [-0.2, -0.15) is 0 Å². The van der Waals surface area contributed by atoms with Crippen LogP contribution >= 0.6 is 23.8 Å². The van der Waals surface area contributed by atoms with Crippen LogP contribution in [0.2, 0.25) is 5.02 Å². The minimum atomic E-state index is 0.109. The average molecular weight is 355 g/mol. The second kappa shape index (κ2) is 6.23. The molecule has 2 aromatic rings. The molecule has 0 radical (unpaired) electrons. The number of hydrogen-bond acceptors (Lipinski definition) is 1. The Kier molecular flexibility index (Phi) is 4.07. The molecule has 0 saturated carbocycles. The van der Waals surface area contributed by atoms with E-state index >= 15 is 0 Å². The molecular weight excluding hydrogens is 336 g/mol. The van der Waals surface area contributed by atoms with Crippen LogP contribution in [0.4, 0.5) is 0 Å². The number of fused-ring (bicyclic) bond motifs is 2. The van der Waals surface area contributed by atoms with Crippen molar-refractivity contribution in [2.24, 2.45) is 0 Å². The highest BCUT2D eigenvalue weighted by Crippen LogP contribution is 2.38. The van der Waals surface area contributed by atoms with E-state index in [1.807, 2.05) is 12.1 Å². The Hall–Kier alpha value is -1.84. The summed E-state index contributed by atoms with van der Waals surface area (Å²) in [6, 6.07) is 14.9. The molecule has 2 N–H and O–H groups in total. The lowest BCUT2D eigenvalue weighted by Gasteiger charge is -2.32. The van der Waals surface area contributed by atoms with E-state index in [1.54, 1.807) is 0 Å². The van der Waals surface area contributed by atoms with Crippen molar-refractivity contribution in [3.63, 3.8) is 0 Å². The molecule has 0 bridgehead atoms. The predicted octanol–water partition coefficient (Wildman–Crippen LogP) is 4.91. The number of benzene rings is 2. The molecule has 4 rings (SSSR count). The van der Waals surface area contributed by atoms with Crippen LogP contribution in [0, 0.1) is 6.92 Å². The zero-order valence-corrected chi connectivity index (χ0v) is 15.1. The topological polar surface area (TPSA) is 24.1 Å². The van der Waals surface area contributed by atoms with Gasteiger partial charge in [-0.15, -0.1) is 0 Å². The molecule has 2 aromatic carbocycles. The van der Waals surface area contributed by atoms with Gasteiger partial charge in [-0.25, -0.2) is 0 Å². The van der Waals surface area contributed by atoms with Crippen molar-refractivity contribution >= 4 is 34.6 Å². The molecule has 4 heteroatoms. The maximum absolute atomic E-state index is 6.06. The Bertz CT molecular complexity index is 839. The number of aryl methyl sites for hydroxylation is 2. The van der Waals surface area contributed by atoms with Crippen molar-refractivity contribution in [1.82, 2.24) is 10.6 Å². The Labute approximate surface area is 152 Å². The Morgan fingerprint density at radius 3 is 2.67 bits per heavy atom. The summed E-state index contributed by atoms with van der Waals surface area (Å²) in [5.74, 6) is 0. The monoisotopic (exact) mass is 354 g/mol. The summed E-state index contributed by atoms with van der Waals surface area (Å²) in [7, 11) is 0. The lowest BCUT2D eigenvalue weighted by atomic mass is 9.91. The number of thiocarbonyl (C=S) groups is 1. The van der Waals surface area contributed by atoms with E-state index in [1.165, 1.54) is 33.5 Å². The lowest BCUT2D eigenvalue weighted by molar-refractivity contribution is 0.665. The Morgan fingerprint density at radius 2 is 1.88 bits per heavy atom. The van der Waals surface area contributed by atoms with Crippen molar-refractivity contribution in [2.45, 2.75) is 32.2 Å². The zero-order valence-electron chi connectivity index (χ0n) is 13.5. The van der Waals surface area contributed by atoms with Gasteiger partial charge in [0.2, 0.25) is 0 Å². The van der Waals surface area contributed by atoms with Crippen LogP contribution in [0.25, 0.3) is 5.70 Å². The van der Waals surface area contributed by atoms with Gasteiger partial charge < -0.3 is 10.6 Å². The summed E-state index contributed by atoms with van der Waals surface area (Å²) in [6.45, 7) is 2.14. The van der Waals surface area contributed by atoms with Gasteiger partial charge in [0.1, 0.15) is 0 Å². The maximum atomic E-state index is 6.06. The molecule has 1 unspecified atom stereocenters. The van der Waals surface area contributed by atoms with Crippen LogP contribution in [0.15, 0.2) is 48.0 Å². The Morgan fingerprint density at radius 1 is 1.08 bits per heavy atom. The highest BCUT2D eigenvalue weighted by atomic mass is 35.5. The fourth-order valence-electron chi connectivity index (χ4n) is 3.65. The van der Waals surface area contributed by atoms with Crippen LogP contribution in [-0.4, -0.2) is 5.11 Å². The van der Waals surface area contributed by atoms with Crippen molar-refractivity contribution in [2.75, 3.05) is 0 Å². The van der Waals surface area contributed by atoms with Gasteiger partial charge in [0.15, 0.2) is 5.11 Å². The second-order valence-electron chi connectivity index (χ2n) is 6.50. The van der Waals surface area contributed by atoms with Crippen molar-refractivity contribution in [3.8, 4) is 0 Å². The second-order valence-corrected chi connectivity index (χ2v) is 7.34. The van der Waals surface area contributed by atoms with Crippen LogP contribution in [-0.2, 0) is 6.42 Å². The molecule has 0 fully saturated rings. The highest BCUT2D eigenvalue weighted by molar-refractivity contribution is 7.80. The van der Waals surface area contributed by atoms with E-state index in [0.717, 1.165) is 24.3 Å². The van der Waals surface area contributed by atoms with Crippen LogP contribution < -0.4 is 10.6 Å². The van der Waals surface area contributed by atoms with Gasteiger partial charge in [0.05, 0.1) is 6.04 Å². The molecule has 1 heterocycles. The summed E-state index contributed by atoms with van der Waals surface area (Å²) in [5.41, 5.74) is 7.75. The molecule has 2 aliphatic rings. The van der Waals surface area contributed by atoms with Crippen LogP contribution in [0.5, 0.6) is 0 Å². The van der Waals surface area contributed by atoms with E-state index in [0.29, 0.717) is 5.11 Å². The smallest absolute Gasteiger partial charge is 0.171 e. The summed E-state index contributed by atoms with van der Waals surface area (Å²) >= 11 is 11.6. The standard InChI is InChI=1S/C20H19ClN2S/c1-12-5-6-13-3-2-4-16-18(14-7-9-15(21)10-8-14)22-20(24)23-19(16)17(13)11-12/h5-11,18H,2-4H2,1H3,(H2,22,23,24). The third-order valence-electron chi connectivity index (χ3n) is 4.81. The van der Waals surface area contributed by atoms with Crippen LogP contribution in [0.1, 0.15) is 41.1 Å². The number of rotatable bonds is 1. The minimum absolute atomic E-state index is 0.109. The van der Waals surface area contributed by atoms with Crippen molar-refractivity contribution in [3.05, 3.63) is 75.3 Å². The van der Waals surface area contributed by atoms with Crippen LogP contribution in [0.3, 0.4) is 0 Å². The number of halogens is 1. The quantitative estimate of drug-likeness (QED) is 0.711. The van der Waals surface area contributed by atoms with E-state index in [-0.39, 0.29) is 6.04 Å². The fraction of sp³-hybridized carbons (Fsp3) is 0.250. The lowest BCUT2D eigenvalue weighted by Crippen LogP contribution is -2.43. The summed E-state index contributed by atoms with van der Waals surface area (Å²) in [4.78, 5) is 0. The maximum Gasteiger partial charge on any atom is 0.171 e. The van der Waals surface area contributed by atoms with Gasteiger partial charge in [0, 0.05) is 16.3 Å². The predicted molar refractivity (Wildman–Crippen MR) is 104 cm³/mol. The fourth-order valence-corrected chi connectivity index (χ4v) is 4.00. The van der Waals surface area contributed by atoms with E-state index in [4.69, 9.17) is 23.8 Å². The van der Waals surface area contributed by atoms with E-state index in [2.05, 4.69) is 47.9 Å². The molecule has 24 heavy (non-hydrogen) atoms. The summed E-state index contributed by atoms with van der Waals surface area (Å²) in [6.07, 6.45) is 3.30. The molecule has 2 nitrogen and oxygen atoms in total. The first-order valence-electron chi connectivity index (χ1n) is 8.28. The van der Waals surface area contributed by atoms with Gasteiger partial charge in [0.25, 0.3) is 0 Å². The average Bonchev–Trinajstić information content (AvgIpc) is 2.74. The molecular formula is C20H19ClN2S. The van der Waals surface area contributed by atoms with E-state index < -0.39 is 0 Å². The first kappa shape index (κ1) is 15.7. The minimum Gasteiger partial charge on any atom is -0.352 e. The molecule has 1 aliphatic heterocycles. The van der Waals surface area contributed by atoms with E-state index in [9.17, 15) is 0 Å². The SMILES string of the molecule is Cc1ccc2c(c1)C1=C(CCC2)C(c2ccc(Cl)cc2)NC(=S)N1. The molecule has 0 aromatic heterocycles. The van der Waals surface area contributed by atoms with Gasteiger partial charge >= 0.3 is 0 Å². The first-order valence-corrected chi connectivity index (χ1v) is 9.06. The normalized spacial score (nSPS) is 19.8. The van der Waals surface area contributed by atoms with Gasteiger partial charge in [-0.1, -0.05) is 41.4 Å². The highest BCUT2D eigenvalue weighted by Gasteiger charge is 2.29. The molecule has 122 valence electrons. The van der Waals surface area contributed by atoms with Crippen molar-refractivity contribution < 1.29 is 0 Å². The molecule has 0 spiro atoms.